The molecule has 1 atom stereocenters. The van der Waals surface area contributed by atoms with Gasteiger partial charge in [-0.3, -0.25) is 4.79 Å². The van der Waals surface area contributed by atoms with Crippen LogP contribution in [-0.2, 0) is 11.3 Å². The minimum atomic E-state index is -0.698. The molecule has 0 aliphatic carbocycles. The van der Waals surface area contributed by atoms with Gasteiger partial charge in [0.1, 0.15) is 22.6 Å². The summed E-state index contributed by atoms with van der Waals surface area (Å²) < 4.78 is 10.6. The van der Waals surface area contributed by atoms with Crippen LogP contribution in [0.25, 0.3) is 0 Å². The largest absolute Gasteiger partial charge is 0.508 e. The molecular formula is C18H20ClNO4. The second-order valence-electron chi connectivity index (χ2n) is 5.24. The molecular weight excluding hydrogens is 330 g/mol. The van der Waals surface area contributed by atoms with Crippen LogP contribution in [-0.4, -0.2) is 30.6 Å². The van der Waals surface area contributed by atoms with Crippen molar-refractivity contribution in [2.24, 2.45) is 0 Å². The third kappa shape index (κ3) is 4.11. The lowest BCUT2D eigenvalue weighted by molar-refractivity contribution is -0.118. The average molecular weight is 350 g/mol. The molecule has 6 heteroatoms. The molecule has 0 saturated heterocycles. The molecule has 0 spiro atoms. The Kier molecular flexibility index (Phi) is 5.93. The lowest BCUT2D eigenvalue weighted by Crippen LogP contribution is -2.35. The molecule has 0 radical (unpaired) electrons. The maximum Gasteiger partial charge on any atom is 0.245 e. The van der Waals surface area contributed by atoms with Crippen molar-refractivity contribution in [3.63, 3.8) is 0 Å². The van der Waals surface area contributed by atoms with E-state index >= 15 is 0 Å². The summed E-state index contributed by atoms with van der Waals surface area (Å²) in [6.07, 6.45) is 0. The Balaban J connectivity index is 2.41. The van der Waals surface area contributed by atoms with Crippen molar-refractivity contribution in [3.8, 4) is 17.2 Å². The van der Waals surface area contributed by atoms with Crippen molar-refractivity contribution in [1.29, 1.82) is 0 Å². The summed E-state index contributed by atoms with van der Waals surface area (Å²) in [6.45, 7) is 1.87. The number of halogens is 1. The summed E-state index contributed by atoms with van der Waals surface area (Å²) in [6, 6.07) is 11.9. The molecule has 1 unspecified atom stereocenters. The number of ether oxygens (including phenoxy) is 2. The van der Waals surface area contributed by atoms with E-state index in [1.165, 1.54) is 11.0 Å². The van der Waals surface area contributed by atoms with E-state index in [0.717, 1.165) is 5.56 Å². The topological polar surface area (TPSA) is 59.0 Å². The maximum absolute atomic E-state index is 12.5. The molecule has 1 N–H and O–H groups in total. The Morgan fingerprint density at radius 3 is 2.54 bits per heavy atom. The molecule has 2 rings (SSSR count). The van der Waals surface area contributed by atoms with Gasteiger partial charge in [-0.25, -0.2) is 0 Å². The molecule has 128 valence electrons. The molecule has 0 saturated carbocycles. The molecule has 0 aromatic heterocycles. The average Bonchev–Trinajstić information content (AvgIpc) is 2.58. The second-order valence-corrected chi connectivity index (χ2v) is 5.89. The summed E-state index contributed by atoms with van der Waals surface area (Å²) in [5.74, 6) is 1.08. The summed E-state index contributed by atoms with van der Waals surface area (Å²) in [4.78, 5) is 14.0. The van der Waals surface area contributed by atoms with Crippen LogP contribution in [0, 0.1) is 0 Å². The minimum Gasteiger partial charge on any atom is -0.508 e. The van der Waals surface area contributed by atoms with E-state index < -0.39 is 5.38 Å². The quantitative estimate of drug-likeness (QED) is 0.810. The fourth-order valence-electron chi connectivity index (χ4n) is 2.32. The van der Waals surface area contributed by atoms with E-state index in [2.05, 4.69) is 0 Å². The zero-order chi connectivity index (χ0) is 17.7. The van der Waals surface area contributed by atoms with Crippen molar-refractivity contribution >= 4 is 23.2 Å². The number of phenols is 1. The number of carbonyl (C=O) groups is 1. The first-order chi connectivity index (χ1) is 11.5. The van der Waals surface area contributed by atoms with Crippen molar-refractivity contribution in [2.45, 2.75) is 18.8 Å². The van der Waals surface area contributed by atoms with Gasteiger partial charge in [0.05, 0.1) is 20.8 Å². The van der Waals surface area contributed by atoms with Gasteiger partial charge in [0.2, 0.25) is 5.91 Å². The third-order valence-corrected chi connectivity index (χ3v) is 3.76. The highest BCUT2D eigenvalue weighted by Crippen LogP contribution is 2.29. The highest BCUT2D eigenvalue weighted by atomic mass is 35.5. The molecule has 1 amide bonds. The first-order valence-electron chi connectivity index (χ1n) is 7.41. The number of anilines is 1. The van der Waals surface area contributed by atoms with Crippen LogP contribution < -0.4 is 14.4 Å². The van der Waals surface area contributed by atoms with Crippen molar-refractivity contribution in [2.75, 3.05) is 19.1 Å². The third-order valence-electron chi connectivity index (χ3n) is 3.57. The lowest BCUT2D eigenvalue weighted by Gasteiger charge is -2.25. The Hall–Kier alpha value is -2.40. The van der Waals surface area contributed by atoms with Crippen LogP contribution in [0.1, 0.15) is 12.5 Å². The fraction of sp³-hybridized carbons (Fsp3) is 0.278. The van der Waals surface area contributed by atoms with Gasteiger partial charge in [0.15, 0.2) is 0 Å². The minimum absolute atomic E-state index is 0.0780. The molecule has 2 aromatic rings. The predicted octanol–water partition coefficient (Wildman–Crippen LogP) is 3.57. The van der Waals surface area contributed by atoms with Gasteiger partial charge in [-0.15, -0.1) is 11.6 Å². The van der Waals surface area contributed by atoms with Crippen LogP contribution >= 0.6 is 11.6 Å². The number of nitrogens with zero attached hydrogens (tertiary/aromatic N) is 1. The zero-order valence-electron chi connectivity index (χ0n) is 13.8. The highest BCUT2D eigenvalue weighted by molar-refractivity contribution is 6.32. The number of hydrogen-bond acceptors (Lipinski definition) is 4. The normalized spacial score (nSPS) is 11.7. The van der Waals surface area contributed by atoms with E-state index in [1.54, 1.807) is 51.5 Å². The first kappa shape index (κ1) is 17.9. The molecule has 0 aliphatic rings. The van der Waals surface area contributed by atoms with Crippen LogP contribution in [0.4, 0.5) is 5.69 Å². The predicted molar refractivity (Wildman–Crippen MR) is 94.2 cm³/mol. The van der Waals surface area contributed by atoms with Gasteiger partial charge >= 0.3 is 0 Å². The van der Waals surface area contributed by atoms with E-state index in [9.17, 15) is 9.90 Å². The van der Waals surface area contributed by atoms with Gasteiger partial charge < -0.3 is 19.5 Å². The summed E-state index contributed by atoms with van der Waals surface area (Å²) in [7, 11) is 3.13. The Morgan fingerprint density at radius 1 is 1.21 bits per heavy atom. The number of rotatable bonds is 6. The Bertz CT molecular complexity index is 718. The number of alkyl halides is 1. The molecule has 24 heavy (non-hydrogen) atoms. The first-order valence-corrected chi connectivity index (χ1v) is 7.85. The summed E-state index contributed by atoms with van der Waals surface area (Å²) >= 11 is 6.00. The SMILES string of the molecule is COc1ccc(CN(C(=O)C(C)Cl)c2cccc(O)c2)c(OC)c1. The van der Waals surface area contributed by atoms with Gasteiger partial charge in [0.25, 0.3) is 0 Å². The smallest absolute Gasteiger partial charge is 0.245 e. The Labute approximate surface area is 146 Å². The number of hydrogen-bond donors (Lipinski definition) is 1. The number of carbonyl (C=O) groups excluding carboxylic acids is 1. The number of methoxy groups -OCH3 is 2. The van der Waals surface area contributed by atoms with E-state index in [1.807, 2.05) is 6.07 Å². The molecule has 0 heterocycles. The zero-order valence-corrected chi connectivity index (χ0v) is 14.6. The second kappa shape index (κ2) is 7.93. The van der Waals surface area contributed by atoms with Crippen LogP contribution in [0.15, 0.2) is 42.5 Å². The van der Waals surface area contributed by atoms with Crippen LogP contribution in [0.2, 0.25) is 0 Å². The molecule has 0 fully saturated rings. The molecule has 0 bridgehead atoms. The Morgan fingerprint density at radius 2 is 1.96 bits per heavy atom. The molecule has 0 aliphatic heterocycles. The lowest BCUT2D eigenvalue weighted by atomic mass is 10.1. The van der Waals surface area contributed by atoms with Gasteiger partial charge in [-0.05, 0) is 31.2 Å². The van der Waals surface area contributed by atoms with Gasteiger partial charge in [-0.1, -0.05) is 6.07 Å². The number of benzene rings is 2. The van der Waals surface area contributed by atoms with Crippen LogP contribution in [0.3, 0.4) is 0 Å². The fourth-order valence-corrected chi connectivity index (χ4v) is 2.44. The number of phenolic OH excluding ortho intramolecular Hbond substituents is 1. The van der Waals surface area contributed by atoms with Gasteiger partial charge in [0, 0.05) is 23.4 Å². The highest BCUT2D eigenvalue weighted by Gasteiger charge is 2.22. The van der Waals surface area contributed by atoms with E-state index in [0.29, 0.717) is 17.2 Å². The number of aromatic hydroxyl groups is 1. The van der Waals surface area contributed by atoms with Crippen LogP contribution in [0.5, 0.6) is 17.2 Å². The van der Waals surface area contributed by atoms with Crippen molar-refractivity contribution in [3.05, 3.63) is 48.0 Å². The van der Waals surface area contributed by atoms with Gasteiger partial charge in [-0.2, -0.15) is 0 Å². The van der Waals surface area contributed by atoms with Crippen molar-refractivity contribution in [1.82, 2.24) is 0 Å². The van der Waals surface area contributed by atoms with E-state index in [4.69, 9.17) is 21.1 Å². The summed E-state index contributed by atoms with van der Waals surface area (Å²) in [5.41, 5.74) is 1.36. The maximum atomic E-state index is 12.5. The molecule has 5 nitrogen and oxygen atoms in total. The summed E-state index contributed by atoms with van der Waals surface area (Å²) in [5, 5.41) is 9.01. The van der Waals surface area contributed by atoms with E-state index in [-0.39, 0.29) is 18.2 Å². The molecule has 2 aromatic carbocycles. The monoisotopic (exact) mass is 349 g/mol. The standard InChI is InChI=1S/C18H20ClNO4/c1-12(19)18(22)20(14-5-4-6-15(21)9-14)11-13-7-8-16(23-2)10-17(13)24-3/h4-10,12,21H,11H2,1-3H3. The van der Waals surface area contributed by atoms with Crippen molar-refractivity contribution < 1.29 is 19.4 Å². The number of amides is 1.